The average molecular weight is 243 g/mol. The van der Waals surface area contributed by atoms with Crippen molar-refractivity contribution in [3.8, 4) is 5.75 Å². The summed E-state index contributed by atoms with van der Waals surface area (Å²) in [5.41, 5.74) is -0.925. The molecule has 1 heterocycles. The second-order valence-corrected chi connectivity index (χ2v) is 4.34. The van der Waals surface area contributed by atoms with Gasteiger partial charge in [0.15, 0.2) is 11.6 Å². The fraction of sp³-hybridized carbons (Fsp3) is 0.500. The lowest BCUT2D eigenvalue weighted by Crippen LogP contribution is -2.46. The first kappa shape index (κ1) is 12.3. The van der Waals surface area contributed by atoms with Gasteiger partial charge in [0.05, 0.1) is 0 Å². The fourth-order valence-electron chi connectivity index (χ4n) is 1.84. The van der Waals surface area contributed by atoms with Crippen molar-refractivity contribution in [2.75, 3.05) is 19.7 Å². The van der Waals surface area contributed by atoms with Crippen molar-refractivity contribution in [3.63, 3.8) is 0 Å². The van der Waals surface area contributed by atoms with E-state index in [0.717, 1.165) is 12.1 Å². The first-order chi connectivity index (χ1) is 8.09. The molecule has 0 spiro atoms. The van der Waals surface area contributed by atoms with E-state index in [1.54, 1.807) is 0 Å². The molecule has 1 aliphatic rings. The molecule has 0 bridgehead atoms. The Morgan fingerprint density at radius 1 is 1.29 bits per heavy atom. The van der Waals surface area contributed by atoms with Gasteiger partial charge in [0, 0.05) is 6.07 Å². The molecule has 0 unspecified atom stereocenters. The van der Waals surface area contributed by atoms with Gasteiger partial charge < -0.3 is 15.2 Å². The number of nitrogens with one attached hydrogen (secondary N) is 1. The topological polar surface area (TPSA) is 41.5 Å². The lowest BCUT2D eigenvalue weighted by atomic mass is 9.93. The highest BCUT2D eigenvalue weighted by Gasteiger charge is 2.30. The van der Waals surface area contributed by atoms with E-state index in [0.29, 0.717) is 25.9 Å². The van der Waals surface area contributed by atoms with Crippen LogP contribution in [0.5, 0.6) is 5.75 Å². The van der Waals surface area contributed by atoms with E-state index < -0.39 is 17.2 Å². The maximum Gasteiger partial charge on any atom is 0.167 e. The van der Waals surface area contributed by atoms with Gasteiger partial charge in [-0.2, -0.15) is 0 Å². The number of piperidine rings is 1. The largest absolute Gasteiger partial charge is 0.488 e. The molecular weight excluding hydrogens is 228 g/mol. The zero-order chi connectivity index (χ0) is 12.3. The van der Waals surface area contributed by atoms with Gasteiger partial charge in [0.1, 0.15) is 18.0 Å². The summed E-state index contributed by atoms with van der Waals surface area (Å²) in [6, 6.07) is 3.13. The Hall–Kier alpha value is -1.20. The minimum absolute atomic E-state index is 0.0250. The van der Waals surface area contributed by atoms with Gasteiger partial charge in [-0.05, 0) is 38.1 Å². The summed E-state index contributed by atoms with van der Waals surface area (Å²) in [5, 5.41) is 13.2. The van der Waals surface area contributed by atoms with Crippen LogP contribution in [0.1, 0.15) is 12.8 Å². The van der Waals surface area contributed by atoms with E-state index in [1.807, 2.05) is 0 Å². The summed E-state index contributed by atoms with van der Waals surface area (Å²) in [4.78, 5) is 0. The Balaban J connectivity index is 1.97. The first-order valence-corrected chi connectivity index (χ1v) is 5.60. The summed E-state index contributed by atoms with van der Waals surface area (Å²) in [7, 11) is 0. The summed E-state index contributed by atoms with van der Waals surface area (Å²) >= 11 is 0. The number of aliphatic hydroxyl groups is 1. The molecule has 0 aliphatic carbocycles. The molecule has 1 aromatic carbocycles. The zero-order valence-electron chi connectivity index (χ0n) is 9.38. The molecular formula is C12H15F2NO2. The third kappa shape index (κ3) is 3.14. The van der Waals surface area contributed by atoms with E-state index in [1.165, 1.54) is 6.07 Å². The molecule has 0 saturated carbocycles. The Kier molecular flexibility index (Phi) is 3.59. The second-order valence-electron chi connectivity index (χ2n) is 4.34. The molecule has 2 rings (SSSR count). The lowest BCUT2D eigenvalue weighted by Gasteiger charge is -2.32. The van der Waals surface area contributed by atoms with Crippen molar-refractivity contribution in [1.29, 1.82) is 0 Å². The minimum atomic E-state index is -0.925. The highest BCUT2D eigenvalue weighted by Crippen LogP contribution is 2.22. The normalized spacial score (nSPS) is 19.0. The monoisotopic (exact) mass is 243 g/mol. The summed E-state index contributed by atoms with van der Waals surface area (Å²) < 4.78 is 31.1. The van der Waals surface area contributed by atoms with E-state index in [9.17, 15) is 13.9 Å². The van der Waals surface area contributed by atoms with Gasteiger partial charge in [-0.3, -0.25) is 0 Å². The van der Waals surface area contributed by atoms with Gasteiger partial charge in [-0.1, -0.05) is 0 Å². The molecule has 1 fully saturated rings. The van der Waals surface area contributed by atoms with Gasteiger partial charge in [-0.25, -0.2) is 8.78 Å². The molecule has 17 heavy (non-hydrogen) atoms. The maximum absolute atomic E-state index is 13.3. The second kappa shape index (κ2) is 4.98. The predicted octanol–water partition coefficient (Wildman–Crippen LogP) is 1.46. The van der Waals surface area contributed by atoms with Crippen molar-refractivity contribution in [3.05, 3.63) is 29.8 Å². The lowest BCUT2D eigenvalue weighted by molar-refractivity contribution is -0.0294. The van der Waals surface area contributed by atoms with Crippen LogP contribution in [-0.2, 0) is 0 Å². The molecule has 1 aromatic rings. The molecule has 0 radical (unpaired) electrons. The summed E-state index contributed by atoms with van der Waals surface area (Å²) in [6.45, 7) is 1.45. The van der Waals surface area contributed by atoms with Gasteiger partial charge in [-0.15, -0.1) is 0 Å². The zero-order valence-corrected chi connectivity index (χ0v) is 9.38. The van der Waals surface area contributed by atoms with Crippen LogP contribution >= 0.6 is 0 Å². The van der Waals surface area contributed by atoms with Crippen molar-refractivity contribution >= 4 is 0 Å². The fourth-order valence-corrected chi connectivity index (χ4v) is 1.84. The van der Waals surface area contributed by atoms with Crippen molar-refractivity contribution < 1.29 is 18.6 Å². The van der Waals surface area contributed by atoms with E-state index in [2.05, 4.69) is 5.32 Å². The third-order valence-electron chi connectivity index (χ3n) is 2.92. The molecule has 94 valence electrons. The third-order valence-corrected chi connectivity index (χ3v) is 2.92. The molecule has 3 nitrogen and oxygen atoms in total. The number of hydrogen-bond acceptors (Lipinski definition) is 3. The molecule has 0 amide bonds. The Labute approximate surface area is 98.4 Å². The number of ether oxygens (including phenoxy) is 1. The molecule has 0 aromatic heterocycles. The standard InChI is InChI=1S/C12H15F2NO2/c13-9-1-2-11(10(14)7-9)17-8-12(16)3-5-15-6-4-12/h1-2,7,15-16H,3-6,8H2. The van der Waals surface area contributed by atoms with E-state index in [4.69, 9.17) is 4.74 Å². The predicted molar refractivity (Wildman–Crippen MR) is 58.9 cm³/mol. The summed E-state index contributed by atoms with van der Waals surface area (Å²) in [5.74, 6) is -1.42. The van der Waals surface area contributed by atoms with Crippen LogP contribution in [0.3, 0.4) is 0 Å². The Morgan fingerprint density at radius 2 is 2.00 bits per heavy atom. The molecule has 1 saturated heterocycles. The molecule has 2 N–H and O–H groups in total. The van der Waals surface area contributed by atoms with Crippen molar-refractivity contribution in [1.82, 2.24) is 5.32 Å². The minimum Gasteiger partial charge on any atom is -0.488 e. The quantitative estimate of drug-likeness (QED) is 0.844. The number of hydrogen-bond donors (Lipinski definition) is 2. The van der Waals surface area contributed by atoms with Gasteiger partial charge in [0.25, 0.3) is 0 Å². The van der Waals surface area contributed by atoms with Crippen LogP contribution in [0.2, 0.25) is 0 Å². The number of benzene rings is 1. The average Bonchev–Trinajstić information content (AvgIpc) is 2.29. The first-order valence-electron chi connectivity index (χ1n) is 5.60. The van der Waals surface area contributed by atoms with Gasteiger partial charge in [0.2, 0.25) is 0 Å². The Morgan fingerprint density at radius 3 is 2.65 bits per heavy atom. The number of halogens is 2. The summed E-state index contributed by atoms with van der Waals surface area (Å²) in [6.07, 6.45) is 1.13. The highest BCUT2D eigenvalue weighted by molar-refractivity contribution is 5.24. The van der Waals surface area contributed by atoms with Crippen LogP contribution in [0, 0.1) is 11.6 Å². The van der Waals surface area contributed by atoms with Crippen LogP contribution in [0.25, 0.3) is 0 Å². The highest BCUT2D eigenvalue weighted by atomic mass is 19.1. The van der Waals surface area contributed by atoms with E-state index in [-0.39, 0.29) is 12.4 Å². The van der Waals surface area contributed by atoms with E-state index >= 15 is 0 Å². The molecule has 5 heteroatoms. The number of rotatable bonds is 3. The van der Waals surface area contributed by atoms with Gasteiger partial charge >= 0.3 is 0 Å². The van der Waals surface area contributed by atoms with Crippen molar-refractivity contribution in [2.24, 2.45) is 0 Å². The smallest absolute Gasteiger partial charge is 0.167 e. The van der Waals surface area contributed by atoms with Crippen LogP contribution in [0.4, 0.5) is 8.78 Å². The van der Waals surface area contributed by atoms with Crippen molar-refractivity contribution in [2.45, 2.75) is 18.4 Å². The maximum atomic E-state index is 13.3. The molecule has 0 atom stereocenters. The molecule has 1 aliphatic heterocycles. The van der Waals surface area contributed by atoms with Crippen LogP contribution in [-0.4, -0.2) is 30.4 Å². The SMILES string of the molecule is OC1(COc2ccc(F)cc2F)CCNCC1. The van der Waals surface area contributed by atoms with Crippen LogP contribution < -0.4 is 10.1 Å². The Bertz CT molecular complexity index is 392. The van der Waals surface area contributed by atoms with Crippen LogP contribution in [0.15, 0.2) is 18.2 Å².